The SMILES string of the molecule is CCN1C(=O)CN2CCc3ccccc3C2c2cc(Cl)ccc21. The van der Waals surface area contributed by atoms with Gasteiger partial charge in [-0.3, -0.25) is 9.69 Å². The fourth-order valence-corrected chi connectivity index (χ4v) is 4.06. The first-order valence-electron chi connectivity index (χ1n) is 8.10. The molecule has 0 saturated heterocycles. The van der Waals surface area contributed by atoms with E-state index in [0.717, 1.165) is 29.2 Å². The molecule has 2 aliphatic rings. The average Bonchev–Trinajstić information content (AvgIpc) is 2.68. The molecule has 0 N–H and O–H groups in total. The van der Waals surface area contributed by atoms with E-state index in [1.165, 1.54) is 11.1 Å². The van der Waals surface area contributed by atoms with Crippen LogP contribution >= 0.6 is 11.6 Å². The predicted octanol–water partition coefficient (Wildman–Crippen LogP) is 3.65. The number of anilines is 1. The molecule has 0 spiro atoms. The van der Waals surface area contributed by atoms with Crippen molar-refractivity contribution in [3.05, 3.63) is 64.2 Å². The van der Waals surface area contributed by atoms with E-state index >= 15 is 0 Å². The first-order valence-corrected chi connectivity index (χ1v) is 8.48. The van der Waals surface area contributed by atoms with Gasteiger partial charge in [-0.2, -0.15) is 0 Å². The van der Waals surface area contributed by atoms with E-state index < -0.39 is 0 Å². The number of rotatable bonds is 1. The summed E-state index contributed by atoms with van der Waals surface area (Å²) in [4.78, 5) is 16.9. The second-order valence-corrected chi connectivity index (χ2v) is 6.60. The second-order valence-electron chi connectivity index (χ2n) is 6.16. The number of likely N-dealkylation sites (N-methyl/N-ethyl adjacent to an activating group) is 1. The number of halogens is 1. The van der Waals surface area contributed by atoms with Crippen molar-refractivity contribution in [3.8, 4) is 0 Å². The molecule has 2 heterocycles. The number of nitrogens with zero attached hydrogens (tertiary/aromatic N) is 2. The summed E-state index contributed by atoms with van der Waals surface area (Å²) in [6.07, 6.45) is 0.988. The van der Waals surface area contributed by atoms with Gasteiger partial charge in [-0.25, -0.2) is 0 Å². The van der Waals surface area contributed by atoms with Crippen LogP contribution in [0.5, 0.6) is 0 Å². The third kappa shape index (κ3) is 2.35. The number of benzene rings is 2. The van der Waals surface area contributed by atoms with Crippen LogP contribution < -0.4 is 4.90 Å². The minimum absolute atomic E-state index is 0.106. The van der Waals surface area contributed by atoms with Crippen molar-refractivity contribution in [2.75, 3.05) is 24.5 Å². The van der Waals surface area contributed by atoms with Crippen molar-refractivity contribution in [3.63, 3.8) is 0 Å². The number of hydrogen-bond donors (Lipinski definition) is 0. The number of carbonyl (C=O) groups is 1. The van der Waals surface area contributed by atoms with Crippen molar-refractivity contribution in [1.82, 2.24) is 4.90 Å². The molecule has 4 rings (SSSR count). The van der Waals surface area contributed by atoms with Gasteiger partial charge in [-0.05, 0) is 48.2 Å². The molecule has 2 aromatic rings. The Morgan fingerprint density at radius 3 is 2.83 bits per heavy atom. The number of carbonyl (C=O) groups excluding carboxylic acids is 1. The van der Waals surface area contributed by atoms with Gasteiger partial charge in [0.05, 0.1) is 12.6 Å². The third-order valence-electron chi connectivity index (χ3n) is 4.91. The molecule has 0 bridgehead atoms. The Hall–Kier alpha value is -1.84. The molecule has 0 saturated carbocycles. The van der Waals surface area contributed by atoms with E-state index in [1.54, 1.807) is 0 Å². The Morgan fingerprint density at radius 2 is 2.00 bits per heavy atom. The standard InChI is InChI=1S/C19H19ClN2O/c1-2-22-17-8-7-14(20)11-16(17)19-15-6-4-3-5-13(15)9-10-21(19)12-18(22)23/h3-8,11,19H,2,9-10,12H2,1H3. The van der Waals surface area contributed by atoms with Crippen LogP contribution in [0, 0.1) is 0 Å². The maximum atomic E-state index is 12.7. The highest BCUT2D eigenvalue weighted by atomic mass is 35.5. The molecule has 1 atom stereocenters. The largest absolute Gasteiger partial charge is 0.311 e. The van der Waals surface area contributed by atoms with Gasteiger partial charge < -0.3 is 4.90 Å². The van der Waals surface area contributed by atoms with Crippen LogP contribution in [0.15, 0.2) is 42.5 Å². The van der Waals surface area contributed by atoms with Crippen LogP contribution in [-0.2, 0) is 11.2 Å². The van der Waals surface area contributed by atoms with Gasteiger partial charge in [-0.1, -0.05) is 35.9 Å². The van der Waals surface area contributed by atoms with Crippen LogP contribution in [0.4, 0.5) is 5.69 Å². The first-order chi connectivity index (χ1) is 11.2. The van der Waals surface area contributed by atoms with Gasteiger partial charge in [0.25, 0.3) is 0 Å². The lowest BCUT2D eigenvalue weighted by molar-refractivity contribution is -0.119. The van der Waals surface area contributed by atoms with Gasteiger partial charge in [0.2, 0.25) is 5.91 Å². The van der Waals surface area contributed by atoms with Gasteiger partial charge in [0, 0.05) is 23.8 Å². The summed E-state index contributed by atoms with van der Waals surface area (Å²) in [5.41, 5.74) is 4.80. The van der Waals surface area contributed by atoms with Crippen molar-refractivity contribution in [2.45, 2.75) is 19.4 Å². The molecule has 2 aromatic carbocycles. The number of amides is 1. The van der Waals surface area contributed by atoms with Crippen LogP contribution in [0.3, 0.4) is 0 Å². The third-order valence-corrected chi connectivity index (χ3v) is 5.15. The lowest BCUT2D eigenvalue weighted by Gasteiger charge is -2.36. The summed E-state index contributed by atoms with van der Waals surface area (Å²) in [7, 11) is 0. The van der Waals surface area contributed by atoms with E-state index in [9.17, 15) is 4.79 Å². The van der Waals surface area contributed by atoms with Crippen LogP contribution in [0.25, 0.3) is 0 Å². The Morgan fingerprint density at radius 1 is 1.17 bits per heavy atom. The number of fused-ring (bicyclic) bond motifs is 5. The molecular weight excluding hydrogens is 308 g/mol. The second kappa shape index (κ2) is 5.66. The Kier molecular flexibility index (Phi) is 3.63. The molecule has 118 valence electrons. The first kappa shape index (κ1) is 14.7. The molecule has 0 fully saturated rings. The molecule has 0 aliphatic carbocycles. The summed E-state index contributed by atoms with van der Waals surface area (Å²) in [5, 5.41) is 0.720. The topological polar surface area (TPSA) is 23.6 Å². The van der Waals surface area contributed by atoms with Crippen molar-refractivity contribution < 1.29 is 4.79 Å². The molecular formula is C19H19ClN2O. The Labute approximate surface area is 141 Å². The van der Waals surface area contributed by atoms with Crippen LogP contribution in [0.2, 0.25) is 5.02 Å². The highest BCUT2D eigenvalue weighted by Gasteiger charge is 2.36. The van der Waals surface area contributed by atoms with E-state index in [-0.39, 0.29) is 11.9 Å². The Bertz CT molecular complexity index is 774. The molecule has 2 aliphatic heterocycles. The van der Waals surface area contributed by atoms with E-state index in [2.05, 4.69) is 29.2 Å². The molecule has 3 nitrogen and oxygen atoms in total. The highest BCUT2D eigenvalue weighted by molar-refractivity contribution is 6.30. The van der Waals surface area contributed by atoms with Crippen LogP contribution in [0.1, 0.15) is 29.7 Å². The zero-order valence-electron chi connectivity index (χ0n) is 13.1. The molecule has 4 heteroatoms. The zero-order valence-corrected chi connectivity index (χ0v) is 13.9. The van der Waals surface area contributed by atoms with E-state index in [1.807, 2.05) is 30.0 Å². The lowest BCUT2D eigenvalue weighted by atomic mass is 9.88. The highest BCUT2D eigenvalue weighted by Crippen LogP contribution is 2.42. The van der Waals surface area contributed by atoms with Crippen LogP contribution in [-0.4, -0.2) is 30.4 Å². The monoisotopic (exact) mass is 326 g/mol. The normalized spacial score (nSPS) is 20.5. The summed E-state index contributed by atoms with van der Waals surface area (Å²) < 4.78 is 0. The minimum atomic E-state index is 0.106. The summed E-state index contributed by atoms with van der Waals surface area (Å²) in [6, 6.07) is 14.5. The maximum Gasteiger partial charge on any atom is 0.241 e. The van der Waals surface area contributed by atoms with Gasteiger partial charge >= 0.3 is 0 Å². The molecule has 0 radical (unpaired) electrons. The molecule has 1 unspecified atom stereocenters. The van der Waals surface area contributed by atoms with E-state index in [4.69, 9.17) is 11.6 Å². The van der Waals surface area contributed by atoms with Gasteiger partial charge in [0.15, 0.2) is 0 Å². The van der Waals surface area contributed by atoms with Gasteiger partial charge in [0.1, 0.15) is 0 Å². The lowest BCUT2D eigenvalue weighted by Crippen LogP contribution is -2.41. The van der Waals surface area contributed by atoms with Crippen molar-refractivity contribution >= 4 is 23.2 Å². The smallest absolute Gasteiger partial charge is 0.241 e. The van der Waals surface area contributed by atoms with Gasteiger partial charge in [-0.15, -0.1) is 0 Å². The number of hydrogen-bond acceptors (Lipinski definition) is 2. The van der Waals surface area contributed by atoms with Crippen molar-refractivity contribution in [1.29, 1.82) is 0 Å². The summed E-state index contributed by atoms with van der Waals surface area (Å²) in [5.74, 6) is 0.165. The maximum absolute atomic E-state index is 12.7. The zero-order chi connectivity index (χ0) is 16.0. The predicted molar refractivity (Wildman–Crippen MR) is 93.0 cm³/mol. The fraction of sp³-hybridized carbons (Fsp3) is 0.316. The fourth-order valence-electron chi connectivity index (χ4n) is 3.88. The molecule has 0 aromatic heterocycles. The molecule has 1 amide bonds. The summed E-state index contributed by atoms with van der Waals surface area (Å²) >= 11 is 6.29. The minimum Gasteiger partial charge on any atom is -0.311 e. The molecule has 23 heavy (non-hydrogen) atoms. The average molecular weight is 327 g/mol. The quantitative estimate of drug-likeness (QED) is 0.798. The van der Waals surface area contributed by atoms with Crippen molar-refractivity contribution in [2.24, 2.45) is 0 Å². The Balaban J connectivity index is 1.96. The van der Waals surface area contributed by atoms with E-state index in [0.29, 0.717) is 13.1 Å². The summed E-state index contributed by atoms with van der Waals surface area (Å²) in [6.45, 7) is 4.06.